The lowest BCUT2D eigenvalue weighted by atomic mass is 9.95. The Kier molecular flexibility index (Phi) is 4.87. The van der Waals surface area contributed by atoms with Crippen LogP contribution in [0, 0.1) is 11.7 Å². The molecule has 1 aliphatic rings. The summed E-state index contributed by atoms with van der Waals surface area (Å²) in [5, 5.41) is 0. The van der Waals surface area contributed by atoms with Gasteiger partial charge in [-0.1, -0.05) is 19.1 Å². The van der Waals surface area contributed by atoms with E-state index in [9.17, 15) is 17.6 Å². The van der Waals surface area contributed by atoms with Crippen molar-refractivity contribution in [3.63, 3.8) is 0 Å². The van der Waals surface area contributed by atoms with Gasteiger partial charge >= 0.3 is 0 Å². The molecule has 0 saturated carbocycles. The largest absolute Gasteiger partial charge is 0.334 e. The van der Waals surface area contributed by atoms with E-state index >= 15 is 0 Å². The molecule has 1 aromatic carbocycles. The highest BCUT2D eigenvalue weighted by atomic mass is 32.2. The van der Waals surface area contributed by atoms with E-state index in [1.807, 2.05) is 6.92 Å². The standard InChI is InChI=1S/C15H21FN2O3S/c1-11-7-8-18(14(19)10-17(2)22(3,20)21)15(11)12-5-4-6-13(16)9-12/h4-6,9,11,15H,7-8,10H2,1-3H3. The smallest absolute Gasteiger partial charge is 0.238 e. The van der Waals surface area contributed by atoms with E-state index in [-0.39, 0.29) is 30.2 Å². The van der Waals surface area contributed by atoms with Crippen LogP contribution >= 0.6 is 0 Å². The molecule has 0 aliphatic carbocycles. The second-order valence-electron chi connectivity index (χ2n) is 5.87. The van der Waals surface area contributed by atoms with Crippen LogP contribution in [0.4, 0.5) is 4.39 Å². The number of halogens is 1. The zero-order valence-corrected chi connectivity index (χ0v) is 13.8. The van der Waals surface area contributed by atoms with Crippen molar-refractivity contribution in [1.29, 1.82) is 0 Å². The Balaban J connectivity index is 2.21. The quantitative estimate of drug-likeness (QED) is 0.844. The third kappa shape index (κ3) is 3.64. The maximum Gasteiger partial charge on any atom is 0.238 e. The van der Waals surface area contributed by atoms with E-state index in [1.54, 1.807) is 17.0 Å². The molecule has 7 heteroatoms. The number of rotatable bonds is 4. The summed E-state index contributed by atoms with van der Waals surface area (Å²) in [6.45, 7) is 2.37. The van der Waals surface area contributed by atoms with E-state index in [4.69, 9.17) is 0 Å². The minimum atomic E-state index is -3.40. The highest BCUT2D eigenvalue weighted by Gasteiger charge is 2.36. The average molecular weight is 328 g/mol. The summed E-state index contributed by atoms with van der Waals surface area (Å²) in [6.07, 6.45) is 1.88. The summed E-state index contributed by atoms with van der Waals surface area (Å²) < 4.78 is 37.4. The van der Waals surface area contributed by atoms with E-state index in [0.717, 1.165) is 22.5 Å². The molecule has 1 aromatic rings. The Morgan fingerprint density at radius 1 is 1.45 bits per heavy atom. The van der Waals surface area contributed by atoms with Gasteiger partial charge in [-0.25, -0.2) is 12.8 Å². The Bertz CT molecular complexity index is 663. The van der Waals surface area contributed by atoms with Crippen LogP contribution in [-0.4, -0.2) is 49.9 Å². The van der Waals surface area contributed by atoms with Gasteiger partial charge in [-0.05, 0) is 30.0 Å². The van der Waals surface area contributed by atoms with Crippen LogP contribution in [0.1, 0.15) is 24.9 Å². The molecule has 1 heterocycles. The van der Waals surface area contributed by atoms with Crippen molar-refractivity contribution < 1.29 is 17.6 Å². The van der Waals surface area contributed by atoms with Crippen LogP contribution in [0.15, 0.2) is 24.3 Å². The van der Waals surface area contributed by atoms with Crippen LogP contribution < -0.4 is 0 Å². The van der Waals surface area contributed by atoms with Crippen molar-refractivity contribution in [2.45, 2.75) is 19.4 Å². The van der Waals surface area contributed by atoms with Gasteiger partial charge in [-0.15, -0.1) is 0 Å². The number of amides is 1. The fraction of sp³-hybridized carbons (Fsp3) is 0.533. The van der Waals surface area contributed by atoms with E-state index in [2.05, 4.69) is 0 Å². The first-order valence-corrected chi connectivity index (χ1v) is 9.01. The average Bonchev–Trinajstić information content (AvgIpc) is 2.79. The Hall–Kier alpha value is -1.47. The number of carbonyl (C=O) groups is 1. The van der Waals surface area contributed by atoms with Gasteiger partial charge in [0.25, 0.3) is 0 Å². The predicted octanol–water partition coefficient (Wildman–Crippen LogP) is 1.63. The molecule has 0 N–H and O–H groups in total. The number of sulfonamides is 1. The summed E-state index contributed by atoms with van der Waals surface area (Å²) >= 11 is 0. The maximum atomic E-state index is 13.5. The molecule has 22 heavy (non-hydrogen) atoms. The summed E-state index contributed by atoms with van der Waals surface area (Å²) in [5.41, 5.74) is 0.750. The summed E-state index contributed by atoms with van der Waals surface area (Å²) in [6, 6.07) is 6.02. The fourth-order valence-corrected chi connectivity index (χ4v) is 3.17. The van der Waals surface area contributed by atoms with Crippen LogP contribution in [0.25, 0.3) is 0 Å². The summed E-state index contributed by atoms with van der Waals surface area (Å²) in [4.78, 5) is 14.1. The molecule has 0 aromatic heterocycles. The first-order valence-electron chi connectivity index (χ1n) is 7.16. The second kappa shape index (κ2) is 6.34. The van der Waals surface area contributed by atoms with Gasteiger partial charge in [-0.2, -0.15) is 4.31 Å². The second-order valence-corrected chi connectivity index (χ2v) is 7.96. The molecule has 1 aliphatic heterocycles. The molecule has 0 radical (unpaired) electrons. The minimum Gasteiger partial charge on any atom is -0.334 e. The molecule has 2 rings (SSSR count). The number of benzene rings is 1. The van der Waals surface area contributed by atoms with Gasteiger partial charge in [-0.3, -0.25) is 4.79 Å². The molecule has 5 nitrogen and oxygen atoms in total. The number of carbonyl (C=O) groups excluding carboxylic acids is 1. The van der Waals surface area contributed by atoms with Crippen LogP contribution in [0.2, 0.25) is 0 Å². The Labute approximate surface area is 130 Å². The van der Waals surface area contributed by atoms with Gasteiger partial charge in [0.15, 0.2) is 0 Å². The molecule has 1 amide bonds. The van der Waals surface area contributed by atoms with Crippen molar-refractivity contribution in [3.05, 3.63) is 35.6 Å². The number of likely N-dealkylation sites (N-methyl/N-ethyl adjacent to an activating group) is 1. The SMILES string of the molecule is CC1CCN(C(=O)CN(C)S(C)(=O)=O)C1c1cccc(F)c1. The van der Waals surface area contributed by atoms with Crippen molar-refractivity contribution in [1.82, 2.24) is 9.21 Å². The van der Waals surface area contributed by atoms with Crippen molar-refractivity contribution in [2.75, 3.05) is 26.4 Å². The molecule has 122 valence electrons. The zero-order chi connectivity index (χ0) is 16.5. The van der Waals surface area contributed by atoms with Gasteiger partial charge in [0, 0.05) is 13.6 Å². The third-order valence-corrected chi connectivity index (χ3v) is 5.40. The highest BCUT2D eigenvalue weighted by molar-refractivity contribution is 7.88. The Morgan fingerprint density at radius 3 is 2.73 bits per heavy atom. The lowest BCUT2D eigenvalue weighted by Gasteiger charge is -2.29. The van der Waals surface area contributed by atoms with E-state index in [0.29, 0.717) is 6.54 Å². The van der Waals surface area contributed by atoms with Gasteiger partial charge in [0.05, 0.1) is 18.8 Å². The molecule has 0 spiro atoms. The minimum absolute atomic E-state index is 0.197. The van der Waals surface area contributed by atoms with Gasteiger partial charge in [0.1, 0.15) is 5.82 Å². The molecular formula is C15H21FN2O3S. The Morgan fingerprint density at radius 2 is 2.14 bits per heavy atom. The number of likely N-dealkylation sites (tertiary alicyclic amines) is 1. The molecule has 2 atom stereocenters. The summed E-state index contributed by atoms with van der Waals surface area (Å²) in [7, 11) is -2.03. The van der Waals surface area contributed by atoms with Crippen molar-refractivity contribution >= 4 is 15.9 Å². The predicted molar refractivity (Wildman–Crippen MR) is 82.1 cm³/mol. The molecule has 1 fully saturated rings. The van der Waals surface area contributed by atoms with Crippen LogP contribution in [-0.2, 0) is 14.8 Å². The van der Waals surface area contributed by atoms with Gasteiger partial charge in [0.2, 0.25) is 15.9 Å². The molecule has 0 bridgehead atoms. The first-order chi connectivity index (χ1) is 10.2. The van der Waals surface area contributed by atoms with E-state index in [1.165, 1.54) is 19.2 Å². The van der Waals surface area contributed by atoms with E-state index < -0.39 is 10.0 Å². The van der Waals surface area contributed by atoms with Crippen molar-refractivity contribution in [2.24, 2.45) is 5.92 Å². The van der Waals surface area contributed by atoms with Crippen LogP contribution in [0.5, 0.6) is 0 Å². The number of hydrogen-bond donors (Lipinski definition) is 0. The lowest BCUT2D eigenvalue weighted by molar-refractivity contribution is -0.132. The first kappa shape index (κ1) is 16.9. The van der Waals surface area contributed by atoms with Crippen LogP contribution in [0.3, 0.4) is 0 Å². The maximum absolute atomic E-state index is 13.5. The highest BCUT2D eigenvalue weighted by Crippen LogP contribution is 2.37. The zero-order valence-electron chi connectivity index (χ0n) is 13.0. The number of hydrogen-bond acceptors (Lipinski definition) is 3. The normalized spacial score (nSPS) is 22.3. The molecule has 1 saturated heterocycles. The fourth-order valence-electron chi connectivity index (χ4n) is 2.82. The topological polar surface area (TPSA) is 57.7 Å². The lowest BCUT2D eigenvalue weighted by Crippen LogP contribution is -2.41. The summed E-state index contributed by atoms with van der Waals surface area (Å²) in [5.74, 6) is -0.391. The third-order valence-electron chi connectivity index (χ3n) is 4.13. The van der Waals surface area contributed by atoms with Crippen molar-refractivity contribution in [3.8, 4) is 0 Å². The molecular weight excluding hydrogens is 307 g/mol. The van der Waals surface area contributed by atoms with Gasteiger partial charge < -0.3 is 4.90 Å². The molecule has 2 unspecified atom stereocenters. The monoisotopic (exact) mass is 328 g/mol. The number of nitrogens with zero attached hydrogens (tertiary/aromatic N) is 2.